The Morgan fingerprint density at radius 2 is 1.92 bits per heavy atom. The molecule has 0 fully saturated rings. The lowest BCUT2D eigenvalue weighted by molar-refractivity contribution is 0.622. The summed E-state index contributed by atoms with van der Waals surface area (Å²) in [7, 11) is 0. The van der Waals surface area contributed by atoms with Crippen LogP contribution in [0.15, 0.2) is 6.07 Å². The Kier molecular flexibility index (Phi) is 3.45. The lowest BCUT2D eigenvalue weighted by Crippen LogP contribution is -1.94. The molecule has 0 unspecified atom stereocenters. The number of thiophene rings is 1. The molecule has 1 aromatic heterocycles. The molecular formula is C11H15BrS. The van der Waals surface area contributed by atoms with Crippen LogP contribution in [-0.2, 0) is 18.2 Å². The van der Waals surface area contributed by atoms with E-state index in [1.807, 2.05) is 11.3 Å². The molecule has 0 saturated carbocycles. The van der Waals surface area contributed by atoms with Gasteiger partial charge in [-0.2, -0.15) is 0 Å². The number of hydrogen-bond donors (Lipinski definition) is 0. The van der Waals surface area contributed by atoms with Crippen LogP contribution in [0.2, 0.25) is 0 Å². The summed E-state index contributed by atoms with van der Waals surface area (Å²) in [5.41, 5.74) is 1.64. The van der Waals surface area contributed by atoms with E-state index in [-0.39, 0.29) is 0 Å². The average molecular weight is 259 g/mol. The van der Waals surface area contributed by atoms with E-state index in [1.54, 1.807) is 10.4 Å². The number of rotatable bonds is 1. The summed E-state index contributed by atoms with van der Waals surface area (Å²) >= 11 is 5.54. The predicted molar refractivity (Wildman–Crippen MR) is 62.8 cm³/mol. The summed E-state index contributed by atoms with van der Waals surface area (Å²) in [6.07, 6.45) is 8.30. The topological polar surface area (TPSA) is 0 Å². The fraction of sp³-hybridized carbons (Fsp3) is 0.636. The molecule has 0 saturated heterocycles. The van der Waals surface area contributed by atoms with Gasteiger partial charge in [-0.25, -0.2) is 0 Å². The maximum atomic E-state index is 3.53. The molecule has 0 N–H and O–H groups in total. The second-order valence-corrected chi connectivity index (χ2v) is 5.49. The molecule has 0 radical (unpaired) electrons. The highest BCUT2D eigenvalue weighted by Crippen LogP contribution is 2.29. The lowest BCUT2D eigenvalue weighted by atomic mass is 10.00. The van der Waals surface area contributed by atoms with Crippen LogP contribution >= 0.6 is 27.3 Å². The number of fused-ring (bicyclic) bond motifs is 1. The van der Waals surface area contributed by atoms with Crippen molar-refractivity contribution in [2.45, 2.75) is 43.9 Å². The molecule has 2 heteroatoms. The molecule has 1 aliphatic rings. The van der Waals surface area contributed by atoms with Crippen molar-refractivity contribution in [3.8, 4) is 0 Å². The molecule has 1 aromatic rings. The zero-order chi connectivity index (χ0) is 9.10. The SMILES string of the molecule is BrCc1cc2c(s1)CCCCCC2. The van der Waals surface area contributed by atoms with Gasteiger partial charge in [0.15, 0.2) is 0 Å². The van der Waals surface area contributed by atoms with Gasteiger partial charge in [-0.3, -0.25) is 0 Å². The van der Waals surface area contributed by atoms with Gasteiger partial charge in [0.1, 0.15) is 0 Å². The van der Waals surface area contributed by atoms with Gasteiger partial charge in [-0.05, 0) is 37.3 Å². The molecule has 0 atom stereocenters. The Morgan fingerprint density at radius 3 is 2.69 bits per heavy atom. The van der Waals surface area contributed by atoms with E-state index in [1.165, 1.54) is 43.4 Å². The zero-order valence-corrected chi connectivity index (χ0v) is 10.2. The molecule has 0 aromatic carbocycles. The maximum absolute atomic E-state index is 3.53. The third kappa shape index (κ3) is 2.35. The van der Waals surface area contributed by atoms with Crippen molar-refractivity contribution in [1.82, 2.24) is 0 Å². The summed E-state index contributed by atoms with van der Waals surface area (Å²) in [5.74, 6) is 0. The molecule has 0 spiro atoms. The fourth-order valence-corrected chi connectivity index (χ4v) is 3.59. The van der Waals surface area contributed by atoms with Crippen molar-refractivity contribution in [3.05, 3.63) is 21.4 Å². The molecule has 2 rings (SSSR count). The molecule has 13 heavy (non-hydrogen) atoms. The van der Waals surface area contributed by atoms with Crippen LogP contribution in [-0.4, -0.2) is 0 Å². The minimum Gasteiger partial charge on any atom is -0.144 e. The fourth-order valence-electron chi connectivity index (χ4n) is 1.97. The first-order chi connectivity index (χ1) is 6.40. The lowest BCUT2D eigenvalue weighted by Gasteiger charge is -2.07. The average Bonchev–Trinajstić information content (AvgIpc) is 2.47. The highest BCUT2D eigenvalue weighted by molar-refractivity contribution is 9.08. The summed E-state index contributed by atoms with van der Waals surface area (Å²) in [6, 6.07) is 2.40. The zero-order valence-electron chi connectivity index (χ0n) is 7.81. The van der Waals surface area contributed by atoms with Crippen LogP contribution in [0.1, 0.15) is 41.0 Å². The molecule has 1 heterocycles. The minimum atomic E-state index is 1.03. The summed E-state index contributed by atoms with van der Waals surface area (Å²) < 4.78 is 0. The first-order valence-electron chi connectivity index (χ1n) is 5.06. The Morgan fingerprint density at radius 1 is 1.15 bits per heavy atom. The van der Waals surface area contributed by atoms with E-state index in [4.69, 9.17) is 0 Å². The van der Waals surface area contributed by atoms with Gasteiger partial charge < -0.3 is 0 Å². The molecule has 0 nitrogen and oxygen atoms in total. The van der Waals surface area contributed by atoms with Crippen molar-refractivity contribution in [1.29, 1.82) is 0 Å². The molecule has 0 bridgehead atoms. The largest absolute Gasteiger partial charge is 0.144 e. The van der Waals surface area contributed by atoms with Crippen molar-refractivity contribution in [2.24, 2.45) is 0 Å². The van der Waals surface area contributed by atoms with Gasteiger partial charge >= 0.3 is 0 Å². The van der Waals surface area contributed by atoms with Gasteiger partial charge in [0.05, 0.1) is 0 Å². The monoisotopic (exact) mass is 258 g/mol. The van der Waals surface area contributed by atoms with Gasteiger partial charge in [-0.15, -0.1) is 11.3 Å². The predicted octanol–water partition coefficient (Wildman–Crippen LogP) is 4.30. The highest BCUT2D eigenvalue weighted by Gasteiger charge is 2.10. The number of hydrogen-bond acceptors (Lipinski definition) is 1. The van der Waals surface area contributed by atoms with E-state index >= 15 is 0 Å². The van der Waals surface area contributed by atoms with Crippen molar-refractivity contribution in [3.63, 3.8) is 0 Å². The van der Waals surface area contributed by atoms with E-state index in [9.17, 15) is 0 Å². The Labute approximate surface area is 92.5 Å². The normalized spacial score (nSPS) is 17.6. The summed E-state index contributed by atoms with van der Waals surface area (Å²) in [6.45, 7) is 0. The quantitative estimate of drug-likeness (QED) is 0.659. The molecular weight excluding hydrogens is 244 g/mol. The summed E-state index contributed by atoms with van der Waals surface area (Å²) in [5, 5.41) is 1.03. The maximum Gasteiger partial charge on any atom is 0.0377 e. The van der Waals surface area contributed by atoms with Crippen LogP contribution in [0.25, 0.3) is 0 Å². The first-order valence-corrected chi connectivity index (χ1v) is 7.00. The Hall–Kier alpha value is 0.180. The van der Waals surface area contributed by atoms with Crippen LogP contribution in [0.5, 0.6) is 0 Å². The summed E-state index contributed by atoms with van der Waals surface area (Å²) in [4.78, 5) is 3.17. The molecule has 0 aliphatic heterocycles. The van der Waals surface area contributed by atoms with Gasteiger partial charge in [-0.1, -0.05) is 28.8 Å². The Bertz CT molecular complexity index is 252. The van der Waals surface area contributed by atoms with E-state index in [0.29, 0.717) is 0 Å². The second kappa shape index (κ2) is 4.61. The second-order valence-electron chi connectivity index (χ2n) is 3.71. The van der Waals surface area contributed by atoms with Gasteiger partial charge in [0.2, 0.25) is 0 Å². The van der Waals surface area contributed by atoms with Crippen LogP contribution in [0.3, 0.4) is 0 Å². The molecule has 1 aliphatic carbocycles. The van der Waals surface area contributed by atoms with Crippen molar-refractivity contribution >= 4 is 27.3 Å². The van der Waals surface area contributed by atoms with Crippen LogP contribution in [0.4, 0.5) is 0 Å². The van der Waals surface area contributed by atoms with Crippen LogP contribution in [0, 0.1) is 0 Å². The standard InChI is InChI=1S/C11H15BrS/c12-8-10-7-9-5-3-1-2-4-6-11(9)13-10/h7H,1-6,8H2. The smallest absolute Gasteiger partial charge is 0.0377 e. The third-order valence-electron chi connectivity index (χ3n) is 2.68. The minimum absolute atomic E-state index is 1.03. The number of aryl methyl sites for hydroxylation is 2. The first kappa shape index (κ1) is 9.72. The molecule has 0 amide bonds. The van der Waals surface area contributed by atoms with Gasteiger partial charge in [0, 0.05) is 15.1 Å². The van der Waals surface area contributed by atoms with Crippen molar-refractivity contribution < 1.29 is 0 Å². The third-order valence-corrected chi connectivity index (χ3v) is 4.89. The van der Waals surface area contributed by atoms with E-state index < -0.39 is 0 Å². The number of alkyl halides is 1. The van der Waals surface area contributed by atoms with Crippen LogP contribution < -0.4 is 0 Å². The van der Waals surface area contributed by atoms with Crippen molar-refractivity contribution in [2.75, 3.05) is 0 Å². The van der Waals surface area contributed by atoms with E-state index in [2.05, 4.69) is 22.0 Å². The highest BCUT2D eigenvalue weighted by atomic mass is 79.9. The Balaban J connectivity index is 2.21. The van der Waals surface area contributed by atoms with Gasteiger partial charge in [0.25, 0.3) is 0 Å². The van der Waals surface area contributed by atoms with E-state index in [0.717, 1.165) is 5.33 Å². The molecule has 72 valence electrons. The number of halogens is 1.